The summed E-state index contributed by atoms with van der Waals surface area (Å²) < 4.78 is 52.9. The van der Waals surface area contributed by atoms with E-state index in [9.17, 15) is 17.2 Å². The molecule has 19 heavy (non-hydrogen) atoms. The molecule has 1 aromatic rings. The zero-order valence-electron chi connectivity index (χ0n) is 10.7. The molecule has 0 aliphatic rings. The molecule has 0 fully saturated rings. The second-order valence-corrected chi connectivity index (χ2v) is 6.62. The van der Waals surface area contributed by atoms with Crippen LogP contribution in [0.1, 0.15) is 25.5 Å². The topological polar surface area (TPSA) is 46.2 Å². The minimum absolute atomic E-state index is 0.184. The Morgan fingerprint density at radius 2 is 1.79 bits per heavy atom. The summed E-state index contributed by atoms with van der Waals surface area (Å²) in [4.78, 5) is 0. The van der Waals surface area contributed by atoms with Gasteiger partial charge >= 0.3 is 0 Å². The van der Waals surface area contributed by atoms with Crippen molar-refractivity contribution in [1.29, 1.82) is 0 Å². The molecule has 1 rings (SSSR count). The van der Waals surface area contributed by atoms with Crippen LogP contribution in [0.2, 0.25) is 0 Å². The van der Waals surface area contributed by atoms with Crippen molar-refractivity contribution >= 4 is 21.6 Å². The molecular weight excluding hydrogens is 296 g/mol. The molecule has 108 valence electrons. The molecule has 0 radical (unpaired) electrons. The normalized spacial score (nSPS) is 15.2. The van der Waals surface area contributed by atoms with E-state index in [0.717, 1.165) is 12.1 Å². The van der Waals surface area contributed by atoms with Crippen LogP contribution in [-0.4, -0.2) is 20.1 Å². The average molecular weight is 312 g/mol. The van der Waals surface area contributed by atoms with Gasteiger partial charge in [0.1, 0.15) is 11.6 Å². The first-order valence-corrected chi connectivity index (χ1v) is 7.95. The molecule has 0 amide bonds. The quantitative estimate of drug-likeness (QED) is 0.821. The third kappa shape index (κ3) is 4.71. The molecule has 0 aromatic heterocycles. The molecule has 1 N–H and O–H groups in total. The van der Waals surface area contributed by atoms with Gasteiger partial charge in [-0.15, -0.1) is 11.6 Å². The fraction of sp³-hybridized carbons (Fsp3) is 0.500. The molecule has 7 heteroatoms. The fourth-order valence-corrected chi connectivity index (χ4v) is 3.58. The molecule has 0 spiro atoms. The van der Waals surface area contributed by atoms with E-state index in [1.54, 1.807) is 6.92 Å². The molecule has 1 aromatic carbocycles. The maximum absolute atomic E-state index is 13.5. The van der Waals surface area contributed by atoms with Crippen molar-refractivity contribution in [3.63, 3.8) is 0 Å². The maximum atomic E-state index is 13.5. The van der Waals surface area contributed by atoms with Crippen LogP contribution >= 0.6 is 11.6 Å². The van der Waals surface area contributed by atoms with Crippen molar-refractivity contribution in [3.05, 3.63) is 35.4 Å². The molecule has 2 atom stereocenters. The summed E-state index contributed by atoms with van der Waals surface area (Å²) in [6.07, 6.45) is 0. The smallest absolute Gasteiger partial charge is 0.212 e. The number of hydrogen-bond donors (Lipinski definition) is 1. The summed E-state index contributed by atoms with van der Waals surface area (Å²) >= 11 is 5.55. The van der Waals surface area contributed by atoms with Gasteiger partial charge in [0.25, 0.3) is 0 Å². The van der Waals surface area contributed by atoms with Crippen molar-refractivity contribution < 1.29 is 17.2 Å². The number of rotatable bonds is 6. The monoisotopic (exact) mass is 311 g/mol. The number of alkyl halides is 1. The second kappa shape index (κ2) is 6.63. The highest BCUT2D eigenvalue weighted by molar-refractivity contribution is 7.89. The van der Waals surface area contributed by atoms with Gasteiger partial charge in [0.15, 0.2) is 0 Å². The molecule has 0 saturated carbocycles. The van der Waals surface area contributed by atoms with E-state index < -0.39 is 27.7 Å². The molecule has 0 aliphatic carbocycles. The van der Waals surface area contributed by atoms with Gasteiger partial charge in [0, 0.05) is 17.5 Å². The van der Waals surface area contributed by atoms with E-state index in [4.69, 9.17) is 11.6 Å². The molecule has 0 saturated heterocycles. The third-order valence-electron chi connectivity index (χ3n) is 2.56. The Labute approximate surface area is 117 Å². The van der Waals surface area contributed by atoms with Crippen LogP contribution in [-0.2, 0) is 10.0 Å². The Bertz CT molecular complexity index is 516. The SMILES string of the molecule is CC(CCl)CS(=O)(=O)NC(C)c1c(F)cccc1F. The Morgan fingerprint density at radius 3 is 2.26 bits per heavy atom. The van der Waals surface area contributed by atoms with Crippen LogP contribution in [0.5, 0.6) is 0 Å². The minimum atomic E-state index is -3.64. The predicted octanol–water partition coefficient (Wildman–Crippen LogP) is 2.82. The first kappa shape index (κ1) is 16.3. The lowest BCUT2D eigenvalue weighted by atomic mass is 10.1. The average Bonchev–Trinajstić information content (AvgIpc) is 2.27. The van der Waals surface area contributed by atoms with E-state index in [2.05, 4.69) is 4.72 Å². The summed E-state index contributed by atoms with van der Waals surface area (Å²) in [7, 11) is -3.64. The Morgan fingerprint density at radius 1 is 1.26 bits per heavy atom. The van der Waals surface area contributed by atoms with E-state index in [-0.39, 0.29) is 23.1 Å². The molecule has 2 unspecified atom stereocenters. The highest BCUT2D eigenvalue weighted by atomic mass is 35.5. The zero-order chi connectivity index (χ0) is 14.6. The highest BCUT2D eigenvalue weighted by Gasteiger charge is 2.22. The van der Waals surface area contributed by atoms with Crippen LogP contribution in [0, 0.1) is 17.6 Å². The summed E-state index contributed by atoms with van der Waals surface area (Å²) in [6.45, 7) is 3.07. The Hall–Kier alpha value is -0.720. The maximum Gasteiger partial charge on any atom is 0.212 e. The lowest BCUT2D eigenvalue weighted by Crippen LogP contribution is -2.32. The molecule has 0 heterocycles. The van der Waals surface area contributed by atoms with Crippen LogP contribution < -0.4 is 4.72 Å². The lowest BCUT2D eigenvalue weighted by Gasteiger charge is -2.17. The fourth-order valence-electron chi connectivity index (χ4n) is 1.72. The number of halogens is 3. The van der Waals surface area contributed by atoms with Gasteiger partial charge in [-0.2, -0.15) is 0 Å². The first-order chi connectivity index (χ1) is 8.76. The number of benzene rings is 1. The van der Waals surface area contributed by atoms with E-state index in [1.807, 2.05) is 0 Å². The van der Waals surface area contributed by atoms with Gasteiger partial charge in [-0.25, -0.2) is 21.9 Å². The molecule has 0 aliphatic heterocycles. The zero-order valence-corrected chi connectivity index (χ0v) is 12.2. The largest absolute Gasteiger partial charge is 0.212 e. The van der Waals surface area contributed by atoms with E-state index in [0.29, 0.717) is 0 Å². The van der Waals surface area contributed by atoms with Crippen LogP contribution in [0.4, 0.5) is 8.78 Å². The highest BCUT2D eigenvalue weighted by Crippen LogP contribution is 2.21. The third-order valence-corrected chi connectivity index (χ3v) is 4.80. The number of hydrogen-bond acceptors (Lipinski definition) is 2. The van der Waals surface area contributed by atoms with Gasteiger partial charge in [0.05, 0.1) is 5.75 Å². The van der Waals surface area contributed by atoms with Crippen molar-refractivity contribution in [3.8, 4) is 0 Å². The van der Waals surface area contributed by atoms with Crippen molar-refractivity contribution in [2.75, 3.05) is 11.6 Å². The minimum Gasteiger partial charge on any atom is -0.212 e. The Kier molecular flexibility index (Phi) is 5.70. The Balaban J connectivity index is 2.88. The van der Waals surface area contributed by atoms with Crippen LogP contribution in [0.15, 0.2) is 18.2 Å². The van der Waals surface area contributed by atoms with Crippen LogP contribution in [0.25, 0.3) is 0 Å². The van der Waals surface area contributed by atoms with Gasteiger partial charge in [-0.05, 0) is 25.0 Å². The first-order valence-electron chi connectivity index (χ1n) is 5.76. The number of nitrogens with one attached hydrogen (secondary N) is 1. The van der Waals surface area contributed by atoms with Crippen molar-refractivity contribution in [2.24, 2.45) is 5.92 Å². The summed E-state index contributed by atoms with van der Waals surface area (Å²) in [5.74, 6) is -1.78. The standard InChI is InChI=1S/C12H16ClF2NO2S/c1-8(6-13)7-19(17,18)16-9(2)12-10(14)4-3-5-11(12)15/h3-5,8-9,16H,6-7H2,1-2H3. The number of sulfonamides is 1. The summed E-state index contributed by atoms with van der Waals surface area (Å²) in [5.41, 5.74) is -0.287. The van der Waals surface area contributed by atoms with Gasteiger partial charge < -0.3 is 0 Å². The van der Waals surface area contributed by atoms with Crippen LogP contribution in [0.3, 0.4) is 0 Å². The van der Waals surface area contributed by atoms with Gasteiger partial charge in [-0.1, -0.05) is 13.0 Å². The summed E-state index contributed by atoms with van der Waals surface area (Å²) in [5, 5.41) is 0. The van der Waals surface area contributed by atoms with E-state index >= 15 is 0 Å². The van der Waals surface area contributed by atoms with Crippen molar-refractivity contribution in [2.45, 2.75) is 19.9 Å². The summed E-state index contributed by atoms with van der Waals surface area (Å²) in [6, 6.07) is 2.42. The van der Waals surface area contributed by atoms with E-state index in [1.165, 1.54) is 13.0 Å². The predicted molar refractivity (Wildman–Crippen MR) is 71.6 cm³/mol. The molecule has 0 bridgehead atoms. The van der Waals surface area contributed by atoms with Gasteiger partial charge in [0.2, 0.25) is 10.0 Å². The van der Waals surface area contributed by atoms with Crippen molar-refractivity contribution in [1.82, 2.24) is 4.72 Å². The second-order valence-electron chi connectivity index (χ2n) is 4.52. The molecule has 3 nitrogen and oxygen atoms in total. The molecular formula is C12H16ClF2NO2S. The van der Waals surface area contributed by atoms with Gasteiger partial charge in [-0.3, -0.25) is 0 Å². The lowest BCUT2D eigenvalue weighted by molar-refractivity contribution is 0.512.